The number of para-hydroxylation sites is 1. The van der Waals surface area contributed by atoms with Crippen LogP contribution in [0.3, 0.4) is 0 Å². The van der Waals surface area contributed by atoms with Gasteiger partial charge in [0.05, 0.1) is 6.54 Å². The van der Waals surface area contributed by atoms with Crippen LogP contribution in [0, 0.1) is 12.8 Å². The number of aliphatic imine (C=N–C) groups is 1. The summed E-state index contributed by atoms with van der Waals surface area (Å²) in [5, 5.41) is 6.56. The molecule has 0 bridgehead atoms. The van der Waals surface area contributed by atoms with Crippen molar-refractivity contribution in [1.29, 1.82) is 0 Å². The number of hydrogen-bond donors (Lipinski definition) is 2. The summed E-state index contributed by atoms with van der Waals surface area (Å²) in [6.45, 7) is 10.1. The van der Waals surface area contributed by atoms with Gasteiger partial charge in [-0.3, -0.25) is 4.99 Å². The van der Waals surface area contributed by atoms with Gasteiger partial charge in [-0.2, -0.15) is 0 Å². The van der Waals surface area contributed by atoms with E-state index in [0.717, 1.165) is 23.8 Å². The molecule has 0 aromatic heterocycles. The normalized spacial score (nSPS) is 12.6. The van der Waals surface area contributed by atoms with Gasteiger partial charge in [-0.05, 0) is 31.4 Å². The highest BCUT2D eigenvalue weighted by Crippen LogP contribution is 2.17. The van der Waals surface area contributed by atoms with E-state index in [1.54, 1.807) is 7.05 Å². The van der Waals surface area contributed by atoms with Crippen molar-refractivity contribution in [3.8, 4) is 5.75 Å². The van der Waals surface area contributed by atoms with Crippen LogP contribution in [0.25, 0.3) is 0 Å². The standard InChI is InChI=1S/C16H27N3O.HI/c1-12(2)10-18-16(17-5)19-11-14(4)20-15-9-7-6-8-13(15)3;/h6-9,12,14H,10-11H2,1-5H3,(H2,17,18,19);1H. The average molecular weight is 405 g/mol. The van der Waals surface area contributed by atoms with Gasteiger partial charge in [-0.15, -0.1) is 24.0 Å². The second kappa shape index (κ2) is 10.7. The third kappa shape index (κ3) is 8.14. The van der Waals surface area contributed by atoms with Gasteiger partial charge >= 0.3 is 0 Å². The zero-order chi connectivity index (χ0) is 15.0. The van der Waals surface area contributed by atoms with Gasteiger partial charge in [0.1, 0.15) is 11.9 Å². The Balaban J connectivity index is 0.00000400. The Hall–Kier alpha value is -0.980. The van der Waals surface area contributed by atoms with E-state index in [4.69, 9.17) is 4.74 Å². The fraction of sp³-hybridized carbons (Fsp3) is 0.562. The predicted molar refractivity (Wildman–Crippen MR) is 101 cm³/mol. The SMILES string of the molecule is CN=C(NCC(C)C)NCC(C)Oc1ccccc1C.I. The lowest BCUT2D eigenvalue weighted by Gasteiger charge is -2.19. The maximum absolute atomic E-state index is 5.92. The zero-order valence-electron chi connectivity index (χ0n) is 13.6. The van der Waals surface area contributed by atoms with E-state index in [-0.39, 0.29) is 30.1 Å². The van der Waals surface area contributed by atoms with Crippen LogP contribution in [-0.4, -0.2) is 32.2 Å². The van der Waals surface area contributed by atoms with E-state index >= 15 is 0 Å². The summed E-state index contributed by atoms with van der Waals surface area (Å²) in [4.78, 5) is 4.20. The molecule has 0 radical (unpaired) electrons. The molecule has 5 heteroatoms. The lowest BCUT2D eigenvalue weighted by atomic mass is 10.2. The van der Waals surface area contributed by atoms with Crippen molar-refractivity contribution in [3.05, 3.63) is 29.8 Å². The fourth-order valence-electron chi connectivity index (χ4n) is 1.71. The molecule has 0 spiro atoms. The molecule has 1 aromatic rings. The van der Waals surface area contributed by atoms with Crippen molar-refractivity contribution in [2.45, 2.75) is 33.8 Å². The van der Waals surface area contributed by atoms with Crippen molar-refractivity contribution in [1.82, 2.24) is 10.6 Å². The summed E-state index contributed by atoms with van der Waals surface area (Å²) < 4.78 is 5.92. The van der Waals surface area contributed by atoms with Crippen LogP contribution in [0.15, 0.2) is 29.3 Å². The van der Waals surface area contributed by atoms with Crippen molar-refractivity contribution in [2.24, 2.45) is 10.9 Å². The summed E-state index contributed by atoms with van der Waals surface area (Å²) in [5.74, 6) is 2.35. The number of benzene rings is 1. The molecule has 0 amide bonds. The van der Waals surface area contributed by atoms with Gasteiger partial charge in [-0.25, -0.2) is 0 Å². The summed E-state index contributed by atoms with van der Waals surface area (Å²) in [6, 6.07) is 8.06. The fourth-order valence-corrected chi connectivity index (χ4v) is 1.71. The van der Waals surface area contributed by atoms with Gasteiger partial charge in [0.2, 0.25) is 0 Å². The molecule has 0 heterocycles. The van der Waals surface area contributed by atoms with Crippen LogP contribution < -0.4 is 15.4 Å². The number of rotatable bonds is 6. The lowest BCUT2D eigenvalue weighted by Crippen LogP contribution is -2.42. The quantitative estimate of drug-likeness (QED) is 0.434. The average Bonchev–Trinajstić information content (AvgIpc) is 2.41. The number of hydrogen-bond acceptors (Lipinski definition) is 2. The van der Waals surface area contributed by atoms with Crippen LogP contribution in [0.1, 0.15) is 26.3 Å². The Labute approximate surface area is 145 Å². The maximum atomic E-state index is 5.92. The summed E-state index contributed by atoms with van der Waals surface area (Å²) in [5.41, 5.74) is 1.15. The minimum absolute atomic E-state index is 0. The molecular formula is C16H28IN3O. The molecule has 1 unspecified atom stereocenters. The topological polar surface area (TPSA) is 45.7 Å². The smallest absolute Gasteiger partial charge is 0.191 e. The van der Waals surface area contributed by atoms with Crippen LogP contribution in [0.4, 0.5) is 0 Å². The Bertz CT molecular complexity index is 435. The first kappa shape index (κ1) is 20.0. The zero-order valence-corrected chi connectivity index (χ0v) is 16.0. The first-order valence-corrected chi connectivity index (χ1v) is 7.19. The minimum atomic E-state index is 0. The molecular weight excluding hydrogens is 377 g/mol. The molecule has 4 nitrogen and oxygen atoms in total. The van der Waals surface area contributed by atoms with E-state index in [2.05, 4.69) is 49.4 Å². The van der Waals surface area contributed by atoms with Crippen molar-refractivity contribution in [3.63, 3.8) is 0 Å². The monoisotopic (exact) mass is 405 g/mol. The number of guanidine groups is 1. The summed E-state index contributed by atoms with van der Waals surface area (Å²) in [7, 11) is 1.78. The molecule has 120 valence electrons. The number of nitrogens with zero attached hydrogens (tertiary/aromatic N) is 1. The Morgan fingerprint density at radius 1 is 1.14 bits per heavy atom. The van der Waals surface area contributed by atoms with E-state index < -0.39 is 0 Å². The van der Waals surface area contributed by atoms with E-state index in [1.165, 1.54) is 0 Å². The minimum Gasteiger partial charge on any atom is -0.489 e. The van der Waals surface area contributed by atoms with Crippen molar-refractivity contribution >= 4 is 29.9 Å². The van der Waals surface area contributed by atoms with E-state index in [9.17, 15) is 0 Å². The maximum Gasteiger partial charge on any atom is 0.191 e. The second-order valence-corrected chi connectivity index (χ2v) is 5.42. The van der Waals surface area contributed by atoms with Crippen LogP contribution in [0.5, 0.6) is 5.75 Å². The second-order valence-electron chi connectivity index (χ2n) is 5.42. The van der Waals surface area contributed by atoms with Crippen LogP contribution in [0.2, 0.25) is 0 Å². The highest BCUT2D eigenvalue weighted by molar-refractivity contribution is 14.0. The number of nitrogens with one attached hydrogen (secondary N) is 2. The van der Waals surface area contributed by atoms with Gasteiger partial charge < -0.3 is 15.4 Å². The molecule has 0 aliphatic heterocycles. The Morgan fingerprint density at radius 3 is 2.33 bits per heavy atom. The highest BCUT2D eigenvalue weighted by atomic mass is 127. The Kier molecular flexibility index (Phi) is 10.2. The molecule has 0 aliphatic carbocycles. The summed E-state index contributed by atoms with van der Waals surface area (Å²) in [6.07, 6.45) is 0.0775. The van der Waals surface area contributed by atoms with Gasteiger partial charge in [0.25, 0.3) is 0 Å². The van der Waals surface area contributed by atoms with Gasteiger partial charge in [-0.1, -0.05) is 32.0 Å². The third-order valence-corrected chi connectivity index (χ3v) is 2.88. The molecule has 1 aromatic carbocycles. The first-order chi connectivity index (χ1) is 9.52. The third-order valence-electron chi connectivity index (χ3n) is 2.88. The number of ether oxygens (including phenoxy) is 1. The summed E-state index contributed by atoms with van der Waals surface area (Å²) >= 11 is 0. The molecule has 0 aliphatic rings. The molecule has 21 heavy (non-hydrogen) atoms. The Morgan fingerprint density at radius 2 is 1.76 bits per heavy atom. The van der Waals surface area contributed by atoms with E-state index in [1.807, 2.05) is 18.2 Å². The molecule has 2 N–H and O–H groups in total. The lowest BCUT2D eigenvalue weighted by molar-refractivity contribution is 0.222. The molecule has 1 atom stereocenters. The first-order valence-electron chi connectivity index (χ1n) is 7.19. The van der Waals surface area contributed by atoms with E-state index in [0.29, 0.717) is 12.5 Å². The van der Waals surface area contributed by atoms with Crippen LogP contribution in [-0.2, 0) is 0 Å². The molecule has 0 saturated carbocycles. The number of aryl methyl sites for hydroxylation is 1. The number of halogens is 1. The molecule has 0 fully saturated rings. The largest absolute Gasteiger partial charge is 0.489 e. The van der Waals surface area contributed by atoms with Gasteiger partial charge in [0, 0.05) is 13.6 Å². The van der Waals surface area contributed by atoms with Gasteiger partial charge in [0.15, 0.2) is 5.96 Å². The van der Waals surface area contributed by atoms with Crippen molar-refractivity contribution in [2.75, 3.05) is 20.1 Å². The highest BCUT2D eigenvalue weighted by Gasteiger charge is 2.07. The predicted octanol–water partition coefficient (Wildman–Crippen LogP) is 3.20. The van der Waals surface area contributed by atoms with Crippen molar-refractivity contribution < 1.29 is 4.74 Å². The molecule has 0 saturated heterocycles. The molecule has 1 rings (SSSR count). The van der Waals surface area contributed by atoms with Crippen LogP contribution >= 0.6 is 24.0 Å².